The topological polar surface area (TPSA) is 77.9 Å². The number of carboxylic acids is 1. The van der Waals surface area contributed by atoms with Crippen molar-refractivity contribution in [3.8, 4) is 0 Å². The largest absolute Gasteiger partial charge is 0.481 e. The second-order valence-corrected chi connectivity index (χ2v) is 6.81. The minimum absolute atomic E-state index is 0.283. The summed E-state index contributed by atoms with van der Waals surface area (Å²) in [6.07, 6.45) is 4.05. The second kappa shape index (κ2) is 7.02. The van der Waals surface area contributed by atoms with Gasteiger partial charge in [0, 0.05) is 26.7 Å². The number of nitrogens with zero attached hydrogens (tertiary/aromatic N) is 2. The van der Waals surface area contributed by atoms with Crippen LogP contribution in [0.15, 0.2) is 12.7 Å². The van der Waals surface area contributed by atoms with E-state index in [9.17, 15) is 13.2 Å². The van der Waals surface area contributed by atoms with Crippen LogP contribution in [0.4, 0.5) is 0 Å². The SMILES string of the molecule is C=CCCCN(C)S(=O)(=O)N1CCC(C(=O)O)CC1. The fourth-order valence-corrected chi connectivity index (χ4v) is 3.53. The summed E-state index contributed by atoms with van der Waals surface area (Å²) in [6.45, 7) is 4.62. The first-order chi connectivity index (χ1) is 8.89. The van der Waals surface area contributed by atoms with Gasteiger partial charge in [-0.1, -0.05) is 6.08 Å². The molecular formula is C12H22N2O4S. The number of carbonyl (C=O) groups is 1. The summed E-state index contributed by atoms with van der Waals surface area (Å²) in [5.74, 6) is -1.26. The van der Waals surface area contributed by atoms with Gasteiger partial charge in [0.15, 0.2) is 0 Å². The lowest BCUT2D eigenvalue weighted by Gasteiger charge is -2.32. The highest BCUT2D eigenvalue weighted by molar-refractivity contribution is 7.86. The Balaban J connectivity index is 2.54. The average molecular weight is 290 g/mol. The quantitative estimate of drug-likeness (QED) is 0.559. The number of hydrogen-bond donors (Lipinski definition) is 1. The van der Waals surface area contributed by atoms with Crippen LogP contribution in [0.3, 0.4) is 0 Å². The van der Waals surface area contributed by atoms with Crippen molar-refractivity contribution in [1.82, 2.24) is 8.61 Å². The van der Waals surface area contributed by atoms with Gasteiger partial charge in [0.05, 0.1) is 5.92 Å². The van der Waals surface area contributed by atoms with Gasteiger partial charge in [0.1, 0.15) is 0 Å². The fraction of sp³-hybridized carbons (Fsp3) is 0.750. The van der Waals surface area contributed by atoms with Crippen molar-refractivity contribution in [1.29, 1.82) is 0 Å². The monoisotopic (exact) mass is 290 g/mol. The molecule has 0 unspecified atom stereocenters. The number of piperidine rings is 1. The number of rotatable bonds is 7. The van der Waals surface area contributed by atoms with E-state index in [0.29, 0.717) is 19.4 Å². The summed E-state index contributed by atoms with van der Waals surface area (Å²) in [7, 11) is -1.89. The molecule has 1 saturated heterocycles. The fourth-order valence-electron chi connectivity index (χ4n) is 2.10. The van der Waals surface area contributed by atoms with E-state index in [1.807, 2.05) is 0 Å². The maximum Gasteiger partial charge on any atom is 0.306 e. The molecule has 7 heteroatoms. The summed E-state index contributed by atoms with van der Waals surface area (Å²) in [6, 6.07) is 0. The van der Waals surface area contributed by atoms with Crippen LogP contribution in [0.25, 0.3) is 0 Å². The molecule has 0 aromatic rings. The summed E-state index contributed by atoms with van der Waals surface area (Å²) in [5, 5.41) is 8.89. The zero-order valence-electron chi connectivity index (χ0n) is 11.3. The van der Waals surface area contributed by atoms with Crippen molar-refractivity contribution in [3.05, 3.63) is 12.7 Å². The smallest absolute Gasteiger partial charge is 0.306 e. The molecule has 110 valence electrons. The molecule has 1 aliphatic rings. The lowest BCUT2D eigenvalue weighted by atomic mass is 9.99. The third-order valence-electron chi connectivity index (χ3n) is 3.40. The minimum Gasteiger partial charge on any atom is -0.481 e. The first-order valence-electron chi connectivity index (χ1n) is 6.44. The molecule has 1 rings (SSSR count). The highest BCUT2D eigenvalue weighted by Gasteiger charge is 2.32. The van der Waals surface area contributed by atoms with Crippen molar-refractivity contribution < 1.29 is 18.3 Å². The Morgan fingerprint density at radius 2 is 2.05 bits per heavy atom. The number of allylic oxidation sites excluding steroid dienone is 1. The van der Waals surface area contributed by atoms with E-state index >= 15 is 0 Å². The Bertz CT molecular complexity index is 413. The van der Waals surface area contributed by atoms with E-state index in [0.717, 1.165) is 12.8 Å². The highest BCUT2D eigenvalue weighted by atomic mass is 32.2. The molecule has 0 spiro atoms. The third kappa shape index (κ3) is 4.29. The van der Waals surface area contributed by atoms with Crippen LogP contribution in [-0.4, -0.2) is 54.8 Å². The minimum atomic E-state index is -3.45. The number of carboxylic acid groups (broad SMARTS) is 1. The second-order valence-electron chi connectivity index (χ2n) is 4.77. The Kier molecular flexibility index (Phi) is 5.96. The van der Waals surface area contributed by atoms with E-state index in [-0.39, 0.29) is 13.1 Å². The Morgan fingerprint density at radius 3 is 2.53 bits per heavy atom. The summed E-state index contributed by atoms with van der Waals surface area (Å²) >= 11 is 0. The Labute approximate surface area is 114 Å². The van der Waals surface area contributed by atoms with Gasteiger partial charge in [-0.2, -0.15) is 17.0 Å². The van der Waals surface area contributed by atoms with Crippen LogP contribution in [-0.2, 0) is 15.0 Å². The van der Waals surface area contributed by atoms with Gasteiger partial charge < -0.3 is 5.11 Å². The lowest BCUT2D eigenvalue weighted by Crippen LogP contribution is -2.46. The van der Waals surface area contributed by atoms with Crippen molar-refractivity contribution in [2.24, 2.45) is 5.92 Å². The molecule has 0 aliphatic carbocycles. The zero-order chi connectivity index (χ0) is 14.5. The highest BCUT2D eigenvalue weighted by Crippen LogP contribution is 2.21. The van der Waals surface area contributed by atoms with Gasteiger partial charge in [-0.3, -0.25) is 4.79 Å². The van der Waals surface area contributed by atoms with Crippen LogP contribution in [0.2, 0.25) is 0 Å². The molecule has 19 heavy (non-hydrogen) atoms. The molecule has 0 amide bonds. The summed E-state index contributed by atoms with van der Waals surface area (Å²) in [5.41, 5.74) is 0. The van der Waals surface area contributed by atoms with Gasteiger partial charge in [-0.05, 0) is 25.7 Å². The Hall–Kier alpha value is -0.920. The van der Waals surface area contributed by atoms with Gasteiger partial charge in [0.2, 0.25) is 0 Å². The predicted molar refractivity (Wildman–Crippen MR) is 72.9 cm³/mol. The zero-order valence-corrected chi connectivity index (χ0v) is 12.1. The van der Waals surface area contributed by atoms with E-state index < -0.39 is 22.1 Å². The summed E-state index contributed by atoms with van der Waals surface area (Å²) < 4.78 is 27.2. The number of aliphatic carboxylic acids is 1. The van der Waals surface area contributed by atoms with Crippen LogP contribution < -0.4 is 0 Å². The molecule has 0 bridgehead atoms. The van der Waals surface area contributed by atoms with E-state index in [2.05, 4.69) is 6.58 Å². The van der Waals surface area contributed by atoms with Crippen LogP contribution in [0.5, 0.6) is 0 Å². The maximum atomic E-state index is 12.2. The number of unbranched alkanes of at least 4 members (excludes halogenated alkanes) is 1. The standard InChI is InChI=1S/C12H22N2O4S/c1-3-4-5-8-13(2)19(17,18)14-9-6-11(7-10-14)12(15)16/h3,11H,1,4-10H2,2H3,(H,15,16). The predicted octanol–water partition coefficient (Wildman–Crippen LogP) is 0.926. The molecule has 0 aromatic heterocycles. The van der Waals surface area contributed by atoms with Crippen LogP contribution in [0.1, 0.15) is 25.7 Å². The molecule has 1 fully saturated rings. The number of hydrogen-bond acceptors (Lipinski definition) is 3. The van der Waals surface area contributed by atoms with E-state index in [1.165, 1.54) is 8.61 Å². The molecule has 0 aromatic carbocycles. The third-order valence-corrected chi connectivity index (χ3v) is 5.39. The van der Waals surface area contributed by atoms with E-state index in [4.69, 9.17) is 5.11 Å². The molecular weight excluding hydrogens is 268 g/mol. The Morgan fingerprint density at radius 1 is 1.47 bits per heavy atom. The lowest BCUT2D eigenvalue weighted by molar-refractivity contribution is -0.142. The maximum absolute atomic E-state index is 12.2. The van der Waals surface area contributed by atoms with Crippen molar-refractivity contribution in [2.45, 2.75) is 25.7 Å². The van der Waals surface area contributed by atoms with Crippen LogP contribution in [0, 0.1) is 5.92 Å². The van der Waals surface area contributed by atoms with Crippen molar-refractivity contribution >= 4 is 16.2 Å². The molecule has 6 nitrogen and oxygen atoms in total. The molecule has 1 N–H and O–H groups in total. The van der Waals surface area contributed by atoms with Gasteiger partial charge in [-0.15, -0.1) is 6.58 Å². The van der Waals surface area contributed by atoms with Crippen LogP contribution >= 0.6 is 0 Å². The first-order valence-corrected chi connectivity index (χ1v) is 7.84. The molecule has 1 aliphatic heterocycles. The first kappa shape index (κ1) is 16.1. The normalized spacial score (nSPS) is 18.6. The summed E-state index contributed by atoms with van der Waals surface area (Å²) in [4.78, 5) is 10.8. The van der Waals surface area contributed by atoms with Gasteiger partial charge >= 0.3 is 5.97 Å². The molecule has 0 saturated carbocycles. The van der Waals surface area contributed by atoms with E-state index in [1.54, 1.807) is 13.1 Å². The van der Waals surface area contributed by atoms with Crippen molar-refractivity contribution in [2.75, 3.05) is 26.7 Å². The molecule has 1 heterocycles. The average Bonchev–Trinajstić information content (AvgIpc) is 2.39. The van der Waals surface area contributed by atoms with Gasteiger partial charge in [0.25, 0.3) is 10.2 Å². The molecule has 0 atom stereocenters. The van der Waals surface area contributed by atoms with Gasteiger partial charge in [-0.25, -0.2) is 0 Å². The van der Waals surface area contributed by atoms with Crippen molar-refractivity contribution in [3.63, 3.8) is 0 Å². The molecule has 0 radical (unpaired) electrons.